The van der Waals surface area contributed by atoms with Crippen LogP contribution < -0.4 is 10.6 Å². The molecule has 1 amide bonds. The number of aliphatic hydroxyl groups is 3. The highest BCUT2D eigenvalue weighted by Crippen LogP contribution is 2.56. The maximum atomic E-state index is 14.8. The monoisotopic (exact) mass is 758 g/mol. The summed E-state index contributed by atoms with van der Waals surface area (Å²) < 4.78 is 22.2. The highest BCUT2D eigenvalue weighted by molar-refractivity contribution is 6.31. The summed E-state index contributed by atoms with van der Waals surface area (Å²) in [5.41, 5.74) is -9.63. The first-order chi connectivity index (χ1) is 26.1. The van der Waals surface area contributed by atoms with Crippen LogP contribution in [-0.2, 0) is 31.0 Å². The number of hydrogen-bond donors (Lipinski definition) is 7. The Morgan fingerprint density at radius 2 is 1.58 bits per heavy atom. The van der Waals surface area contributed by atoms with Gasteiger partial charge in [0, 0.05) is 56.2 Å². The number of rotatable bonds is 7. The van der Waals surface area contributed by atoms with E-state index in [9.17, 15) is 49.5 Å². The first kappa shape index (κ1) is 38.0. The first-order valence-corrected chi connectivity index (χ1v) is 17.2. The van der Waals surface area contributed by atoms with Gasteiger partial charge in [-0.3, -0.25) is 24.0 Å². The van der Waals surface area contributed by atoms with Crippen molar-refractivity contribution in [3.8, 4) is 11.5 Å². The number of amides is 1. The molecule has 3 aromatic carbocycles. The van der Waals surface area contributed by atoms with Crippen molar-refractivity contribution in [1.82, 2.24) is 5.32 Å². The van der Waals surface area contributed by atoms with Gasteiger partial charge in [0.2, 0.25) is 17.3 Å². The van der Waals surface area contributed by atoms with E-state index in [1.165, 1.54) is 27.2 Å². The molecule has 7 rings (SSSR count). The number of allylic oxidation sites excluding steroid dienone is 2. The van der Waals surface area contributed by atoms with Gasteiger partial charge in [0.05, 0.1) is 34.6 Å². The van der Waals surface area contributed by atoms with Crippen LogP contribution in [0.5, 0.6) is 11.5 Å². The molecular formula is C39H38N2O14. The number of fused-ring (bicyclic) bond motifs is 5. The number of ketones is 4. The van der Waals surface area contributed by atoms with Gasteiger partial charge in [0.15, 0.2) is 23.2 Å². The molecule has 4 aliphatic rings. The first-order valence-electron chi connectivity index (χ1n) is 17.2. The predicted molar refractivity (Wildman–Crippen MR) is 189 cm³/mol. The van der Waals surface area contributed by atoms with Gasteiger partial charge in [0.1, 0.15) is 29.8 Å². The molecule has 8 atom stereocenters. The lowest BCUT2D eigenvalue weighted by atomic mass is 9.56. The zero-order valence-electron chi connectivity index (χ0n) is 30.2. The number of ether oxygens (including phenoxy) is 4. The molecule has 1 aliphatic heterocycles. The molecule has 0 saturated carbocycles. The molecule has 0 radical (unpaired) electrons. The van der Waals surface area contributed by atoms with Gasteiger partial charge in [-0.15, -0.1) is 0 Å². The third-order valence-corrected chi connectivity index (χ3v) is 11.0. The molecule has 288 valence electrons. The van der Waals surface area contributed by atoms with E-state index in [1.54, 1.807) is 37.3 Å². The van der Waals surface area contributed by atoms with E-state index in [0.717, 1.165) is 19.3 Å². The Kier molecular flexibility index (Phi) is 9.29. The second kappa shape index (κ2) is 13.5. The highest BCUT2D eigenvalue weighted by Gasteiger charge is 2.72. The van der Waals surface area contributed by atoms with E-state index in [1.807, 2.05) is 0 Å². The van der Waals surface area contributed by atoms with Gasteiger partial charge in [-0.1, -0.05) is 24.3 Å². The maximum absolute atomic E-state index is 14.8. The standard InChI is InChI=1S/C39H38N2O14/c1-15-11-17-12-23(43)39(54-5)35(49)26-20(34(48)38(39,51)27(17)30(46)24(15)36(50)40-18-9-7-6-8-10-18)13-19-25(29(26)45)22(42)14-21(28(19)44)41-37-33(53-4)31(47)32(52-3)16(2)55-37/h6-11,13-14,16,23,31-33,37,41,43,45-47,51H,12H2,1-5H3,(H,40,50)/t16-,23+,31+,32-,33+,37?,38-,39+/m0/s1. The molecule has 55 heavy (non-hydrogen) atoms. The summed E-state index contributed by atoms with van der Waals surface area (Å²) in [6.45, 7) is 3.11. The van der Waals surface area contributed by atoms with Crippen LogP contribution >= 0.6 is 0 Å². The largest absolute Gasteiger partial charge is 0.507 e. The van der Waals surface area contributed by atoms with Crippen LogP contribution in [0, 0.1) is 6.92 Å². The average Bonchev–Trinajstić information content (AvgIpc) is 3.13. The van der Waals surface area contributed by atoms with Crippen molar-refractivity contribution in [2.24, 2.45) is 0 Å². The Labute approximate surface area is 313 Å². The molecule has 3 aromatic rings. The van der Waals surface area contributed by atoms with Crippen LogP contribution in [0.3, 0.4) is 0 Å². The van der Waals surface area contributed by atoms with Crippen molar-refractivity contribution >= 4 is 34.7 Å². The van der Waals surface area contributed by atoms with Crippen LogP contribution in [0.1, 0.15) is 75.4 Å². The molecule has 0 aromatic heterocycles. The molecule has 7 N–H and O–H groups in total. The lowest BCUT2D eigenvalue weighted by Gasteiger charge is -2.53. The fourth-order valence-corrected chi connectivity index (χ4v) is 8.49. The third-order valence-electron chi connectivity index (χ3n) is 11.0. The summed E-state index contributed by atoms with van der Waals surface area (Å²) in [5.74, 6) is -7.41. The Morgan fingerprint density at radius 1 is 0.909 bits per heavy atom. The van der Waals surface area contributed by atoms with Crippen molar-refractivity contribution in [3.05, 3.63) is 98.7 Å². The summed E-state index contributed by atoms with van der Waals surface area (Å²) in [6.07, 6.45) is -6.58. The molecule has 1 fully saturated rings. The molecule has 1 unspecified atom stereocenters. The smallest absolute Gasteiger partial charge is 0.259 e. The fraction of sp³-hybridized carbons (Fsp3) is 0.359. The zero-order chi connectivity index (χ0) is 39.9. The number of benzene rings is 3. The SMILES string of the molecule is CO[C@@H]1[C@@H](O)[C@@H](OC)C(NC2=CC(=O)c3c(cc4c(c3O)C(=O)[C@]3(OC)[C@H](O)Cc5cc(C)c(C(=O)Nc6ccccc6)c(O)c5[C@]3(O)C4=O)C2=O)O[C@H]1C. The Bertz CT molecular complexity index is 2220. The molecule has 0 bridgehead atoms. The van der Waals surface area contributed by atoms with E-state index in [0.29, 0.717) is 5.69 Å². The molecule has 1 saturated heterocycles. The van der Waals surface area contributed by atoms with Crippen LogP contribution in [0.2, 0.25) is 0 Å². The normalized spacial score (nSPS) is 29.8. The number of nitrogens with one attached hydrogen (secondary N) is 2. The Balaban J connectivity index is 1.35. The number of aromatic hydroxyl groups is 2. The van der Waals surface area contributed by atoms with E-state index in [2.05, 4.69) is 10.6 Å². The number of anilines is 1. The van der Waals surface area contributed by atoms with E-state index < -0.39 is 123 Å². The van der Waals surface area contributed by atoms with E-state index in [4.69, 9.17) is 18.9 Å². The Hall–Kier alpha value is -5.33. The minimum atomic E-state index is -3.25. The summed E-state index contributed by atoms with van der Waals surface area (Å²) in [5, 5.41) is 63.9. The lowest BCUT2D eigenvalue weighted by Crippen LogP contribution is -2.73. The number of aliphatic hydroxyl groups excluding tert-OH is 2. The van der Waals surface area contributed by atoms with Gasteiger partial charge in [0.25, 0.3) is 5.91 Å². The van der Waals surface area contributed by atoms with Crippen molar-refractivity contribution in [2.75, 3.05) is 26.6 Å². The van der Waals surface area contributed by atoms with Crippen molar-refractivity contribution < 1.29 is 68.5 Å². The number of hydrogen-bond acceptors (Lipinski definition) is 15. The number of phenols is 2. The summed E-state index contributed by atoms with van der Waals surface area (Å²) >= 11 is 0. The summed E-state index contributed by atoms with van der Waals surface area (Å²) in [6, 6.07) is 10.5. The highest BCUT2D eigenvalue weighted by atomic mass is 16.6. The predicted octanol–water partition coefficient (Wildman–Crippen LogP) is 1.22. The number of phenolic OH excluding ortho intramolecular Hbond substituents is 2. The van der Waals surface area contributed by atoms with Gasteiger partial charge in [-0.25, -0.2) is 0 Å². The zero-order valence-corrected chi connectivity index (χ0v) is 30.2. The minimum Gasteiger partial charge on any atom is -0.507 e. The summed E-state index contributed by atoms with van der Waals surface area (Å²) in [4.78, 5) is 70.7. The van der Waals surface area contributed by atoms with E-state index in [-0.39, 0.29) is 22.4 Å². The van der Waals surface area contributed by atoms with Crippen molar-refractivity contribution in [1.29, 1.82) is 0 Å². The van der Waals surface area contributed by atoms with Crippen LogP contribution in [0.25, 0.3) is 0 Å². The van der Waals surface area contributed by atoms with E-state index >= 15 is 0 Å². The Morgan fingerprint density at radius 3 is 2.22 bits per heavy atom. The molecule has 16 nitrogen and oxygen atoms in total. The van der Waals surface area contributed by atoms with Crippen LogP contribution in [0.4, 0.5) is 5.69 Å². The van der Waals surface area contributed by atoms with Gasteiger partial charge >= 0.3 is 0 Å². The molecule has 3 aliphatic carbocycles. The fourth-order valence-electron chi connectivity index (χ4n) is 8.49. The van der Waals surface area contributed by atoms with Crippen LogP contribution in [0.15, 0.2) is 54.2 Å². The van der Waals surface area contributed by atoms with Gasteiger partial charge in [-0.2, -0.15) is 0 Å². The second-order valence-electron chi connectivity index (χ2n) is 13.9. The third kappa shape index (κ3) is 5.21. The number of Topliss-reactive ketones (excluding diaryl/α,β-unsaturated/α-hetero) is 3. The van der Waals surface area contributed by atoms with Crippen LogP contribution in [-0.4, -0.2) is 118 Å². The second-order valence-corrected chi connectivity index (χ2v) is 13.9. The van der Waals surface area contributed by atoms with Gasteiger partial charge < -0.3 is 55.1 Å². The maximum Gasteiger partial charge on any atom is 0.259 e. The quantitative estimate of drug-likeness (QED) is 0.179. The average molecular weight is 759 g/mol. The molecule has 16 heteroatoms. The lowest BCUT2D eigenvalue weighted by molar-refractivity contribution is -0.236. The molecular weight excluding hydrogens is 720 g/mol. The van der Waals surface area contributed by atoms with Gasteiger partial charge in [-0.05, 0) is 43.2 Å². The number of methoxy groups -OCH3 is 3. The number of aryl methyl sites for hydroxylation is 1. The topological polar surface area (TPSA) is 247 Å². The number of para-hydroxylation sites is 1. The number of carbonyl (C=O) groups is 5. The molecule has 0 spiro atoms. The summed E-state index contributed by atoms with van der Waals surface area (Å²) in [7, 11) is 3.60. The number of carbonyl (C=O) groups excluding carboxylic acids is 5. The minimum absolute atomic E-state index is 0.00805. The van der Waals surface area contributed by atoms with Crippen molar-refractivity contribution in [3.63, 3.8) is 0 Å². The molecule has 1 heterocycles. The van der Waals surface area contributed by atoms with Crippen molar-refractivity contribution in [2.45, 2.75) is 68.2 Å².